The van der Waals surface area contributed by atoms with Crippen LogP contribution >= 0.6 is 0 Å². The van der Waals surface area contributed by atoms with Crippen molar-refractivity contribution in [3.63, 3.8) is 0 Å². The first-order valence-corrected chi connectivity index (χ1v) is 11.0. The molecular weight excluding hydrogens is 408 g/mol. The number of nitrogens with one attached hydrogen (secondary N) is 2. The predicted octanol–water partition coefficient (Wildman–Crippen LogP) is 3.15. The van der Waals surface area contributed by atoms with Crippen molar-refractivity contribution in [2.75, 3.05) is 19.0 Å². The van der Waals surface area contributed by atoms with E-state index >= 15 is 0 Å². The Balaban J connectivity index is 1.58. The monoisotopic (exact) mass is 438 g/mol. The Morgan fingerprint density at radius 2 is 1.97 bits per heavy atom. The molecule has 6 N–H and O–H groups in total. The number of benzene rings is 2. The number of guanidine groups is 1. The van der Waals surface area contributed by atoms with Crippen LogP contribution in [0.15, 0.2) is 53.3 Å². The zero-order valence-corrected chi connectivity index (χ0v) is 18.2. The zero-order valence-electron chi connectivity index (χ0n) is 18.2. The van der Waals surface area contributed by atoms with Gasteiger partial charge in [-0.25, -0.2) is 4.99 Å². The second-order valence-electron chi connectivity index (χ2n) is 8.67. The molecule has 1 heterocycles. The predicted molar refractivity (Wildman–Crippen MR) is 126 cm³/mol. The van der Waals surface area contributed by atoms with Gasteiger partial charge in [-0.3, -0.25) is 15.8 Å². The lowest BCUT2D eigenvalue weighted by molar-refractivity contribution is -0.436. The van der Waals surface area contributed by atoms with Crippen LogP contribution < -0.4 is 26.8 Å². The van der Waals surface area contributed by atoms with Crippen molar-refractivity contribution >= 4 is 22.4 Å². The number of methoxy groups -OCH3 is 1. The number of rotatable bonds is 6. The average Bonchev–Trinajstić information content (AvgIpc) is 2.78. The molecular formula is C23H30N6O3. The van der Waals surface area contributed by atoms with Gasteiger partial charge in [0.2, 0.25) is 11.6 Å². The molecule has 2 aliphatic rings. The van der Waals surface area contributed by atoms with Crippen LogP contribution in [0, 0.1) is 22.0 Å². The van der Waals surface area contributed by atoms with Crippen molar-refractivity contribution in [1.82, 2.24) is 5.32 Å². The van der Waals surface area contributed by atoms with E-state index in [2.05, 4.69) is 15.6 Å². The largest absolute Gasteiger partial charge is 0.496 e. The standard InChI is InChI=1S/C23H30N6O3/c1-32-20-11-18(10-17-4-2-3-5-19(17)20)27-22-26-14-21(29(30)31)23(25,28-22)12-15-6-8-16(13-24)9-7-15/h2-5,10-11,14-16H,6-9,12-13,24-25H2,1H3,(H2,26,27,28). The van der Waals surface area contributed by atoms with Crippen molar-refractivity contribution in [2.24, 2.45) is 28.3 Å². The molecule has 32 heavy (non-hydrogen) atoms. The molecule has 1 aliphatic heterocycles. The normalized spacial score (nSPS) is 25.5. The molecule has 0 bridgehead atoms. The lowest BCUT2D eigenvalue weighted by Crippen LogP contribution is -2.51. The number of hydrogen-bond acceptors (Lipinski definition) is 8. The summed E-state index contributed by atoms with van der Waals surface area (Å²) in [6, 6.07) is 11.7. The number of aliphatic imine (C=N–C) groups is 1. The lowest BCUT2D eigenvalue weighted by atomic mass is 9.77. The van der Waals surface area contributed by atoms with Crippen LogP contribution in [-0.4, -0.2) is 30.2 Å². The molecule has 0 saturated heterocycles. The van der Waals surface area contributed by atoms with Gasteiger partial charge in [-0.15, -0.1) is 0 Å². The Kier molecular flexibility index (Phi) is 6.29. The van der Waals surface area contributed by atoms with Gasteiger partial charge in [-0.2, -0.15) is 0 Å². The molecule has 1 fully saturated rings. The van der Waals surface area contributed by atoms with Gasteiger partial charge < -0.3 is 21.1 Å². The Hall–Kier alpha value is -3.17. The number of ether oxygens (including phenoxy) is 1. The highest BCUT2D eigenvalue weighted by molar-refractivity contribution is 5.99. The number of hydrogen-bond donors (Lipinski definition) is 4. The molecule has 0 spiro atoms. The fourth-order valence-electron chi connectivity index (χ4n) is 4.74. The minimum absolute atomic E-state index is 0.125. The van der Waals surface area contributed by atoms with Gasteiger partial charge in [0.15, 0.2) is 0 Å². The molecule has 1 aliphatic carbocycles. The van der Waals surface area contributed by atoms with Crippen LogP contribution in [0.3, 0.4) is 0 Å². The summed E-state index contributed by atoms with van der Waals surface area (Å²) in [5, 5.41) is 19.8. The van der Waals surface area contributed by atoms with E-state index in [1.807, 2.05) is 36.4 Å². The van der Waals surface area contributed by atoms with E-state index in [4.69, 9.17) is 16.2 Å². The van der Waals surface area contributed by atoms with Gasteiger partial charge in [-0.1, -0.05) is 24.3 Å². The fraction of sp³-hybridized carbons (Fsp3) is 0.435. The summed E-state index contributed by atoms with van der Waals surface area (Å²) in [4.78, 5) is 15.8. The van der Waals surface area contributed by atoms with Crippen molar-refractivity contribution in [1.29, 1.82) is 0 Å². The number of nitro groups is 1. The summed E-state index contributed by atoms with van der Waals surface area (Å²) < 4.78 is 5.53. The summed E-state index contributed by atoms with van der Waals surface area (Å²) >= 11 is 0. The maximum absolute atomic E-state index is 11.7. The number of nitrogens with zero attached hydrogens (tertiary/aromatic N) is 2. The van der Waals surface area contributed by atoms with Crippen LogP contribution in [-0.2, 0) is 0 Å². The highest BCUT2D eigenvalue weighted by Gasteiger charge is 2.44. The number of fused-ring (bicyclic) bond motifs is 1. The lowest BCUT2D eigenvalue weighted by Gasteiger charge is -2.34. The SMILES string of the molecule is COc1cc(NC2=NC(N)(CC3CCC(CN)CC3)C([N+](=O)[O-])=CN2)cc2ccccc12. The average molecular weight is 439 g/mol. The molecule has 1 unspecified atom stereocenters. The number of anilines is 1. The molecule has 0 amide bonds. The second kappa shape index (κ2) is 9.13. The molecule has 1 atom stereocenters. The van der Waals surface area contributed by atoms with Gasteiger partial charge in [-0.05, 0) is 61.9 Å². The van der Waals surface area contributed by atoms with Crippen molar-refractivity contribution in [3.05, 3.63) is 58.4 Å². The molecule has 1 saturated carbocycles. The van der Waals surface area contributed by atoms with E-state index in [0.717, 1.165) is 47.9 Å². The van der Waals surface area contributed by atoms with E-state index in [1.54, 1.807) is 7.11 Å². The Bertz CT molecular complexity index is 1060. The third kappa shape index (κ3) is 4.53. The van der Waals surface area contributed by atoms with Crippen LogP contribution in [0.25, 0.3) is 10.8 Å². The summed E-state index contributed by atoms with van der Waals surface area (Å²) in [5.74, 6) is 1.89. The summed E-state index contributed by atoms with van der Waals surface area (Å²) in [5.41, 5.74) is 11.6. The van der Waals surface area contributed by atoms with E-state index < -0.39 is 10.6 Å². The van der Waals surface area contributed by atoms with Gasteiger partial charge >= 0.3 is 5.70 Å². The van der Waals surface area contributed by atoms with E-state index in [9.17, 15) is 10.1 Å². The van der Waals surface area contributed by atoms with Gasteiger partial charge in [0, 0.05) is 17.1 Å². The summed E-state index contributed by atoms with van der Waals surface area (Å²) in [7, 11) is 1.62. The first-order valence-electron chi connectivity index (χ1n) is 11.0. The van der Waals surface area contributed by atoms with Crippen LogP contribution in [0.1, 0.15) is 32.1 Å². The maximum Gasteiger partial charge on any atom is 0.303 e. The Morgan fingerprint density at radius 3 is 2.66 bits per heavy atom. The highest BCUT2D eigenvalue weighted by Crippen LogP contribution is 2.36. The van der Waals surface area contributed by atoms with E-state index in [0.29, 0.717) is 24.8 Å². The van der Waals surface area contributed by atoms with Crippen molar-refractivity contribution in [2.45, 2.75) is 37.8 Å². The first kappa shape index (κ1) is 22.0. The first-order chi connectivity index (χ1) is 15.4. The van der Waals surface area contributed by atoms with Crippen LogP contribution in [0.5, 0.6) is 5.75 Å². The maximum atomic E-state index is 11.7. The second-order valence-corrected chi connectivity index (χ2v) is 8.67. The molecule has 170 valence electrons. The van der Waals surface area contributed by atoms with Crippen LogP contribution in [0.4, 0.5) is 5.69 Å². The fourth-order valence-corrected chi connectivity index (χ4v) is 4.74. The Labute approximate surface area is 187 Å². The molecule has 4 rings (SSSR count). The van der Waals surface area contributed by atoms with Crippen molar-refractivity contribution < 1.29 is 9.66 Å². The zero-order chi connectivity index (χ0) is 22.7. The quantitative estimate of drug-likeness (QED) is 0.401. The molecule has 9 heteroatoms. The molecule has 9 nitrogen and oxygen atoms in total. The molecule has 2 aromatic rings. The third-order valence-electron chi connectivity index (χ3n) is 6.50. The highest BCUT2D eigenvalue weighted by atomic mass is 16.6. The molecule has 0 aromatic heterocycles. The molecule has 2 aromatic carbocycles. The topological polar surface area (TPSA) is 141 Å². The van der Waals surface area contributed by atoms with E-state index in [1.165, 1.54) is 6.20 Å². The minimum atomic E-state index is -1.40. The minimum Gasteiger partial charge on any atom is -0.496 e. The van der Waals surface area contributed by atoms with Crippen LogP contribution in [0.2, 0.25) is 0 Å². The van der Waals surface area contributed by atoms with Gasteiger partial charge in [0.05, 0.1) is 18.2 Å². The van der Waals surface area contributed by atoms with Crippen molar-refractivity contribution in [3.8, 4) is 5.75 Å². The summed E-state index contributed by atoms with van der Waals surface area (Å²) in [6.07, 6.45) is 5.74. The third-order valence-corrected chi connectivity index (χ3v) is 6.50. The Morgan fingerprint density at radius 1 is 1.25 bits per heavy atom. The van der Waals surface area contributed by atoms with Gasteiger partial charge in [0.1, 0.15) is 5.75 Å². The number of nitrogens with two attached hydrogens (primary N) is 2. The van der Waals surface area contributed by atoms with E-state index in [-0.39, 0.29) is 11.6 Å². The van der Waals surface area contributed by atoms with Gasteiger partial charge in [0.25, 0.3) is 0 Å². The molecule has 0 radical (unpaired) electrons. The summed E-state index contributed by atoms with van der Waals surface area (Å²) in [6.45, 7) is 0.686. The smallest absolute Gasteiger partial charge is 0.303 e.